The molecule has 3 nitrogen and oxygen atoms in total. The Labute approximate surface area is 145 Å². The lowest BCUT2D eigenvalue weighted by Crippen LogP contribution is -2.30. The minimum absolute atomic E-state index is 0.219. The van der Waals surface area contributed by atoms with Crippen molar-refractivity contribution in [1.29, 1.82) is 0 Å². The summed E-state index contributed by atoms with van der Waals surface area (Å²) in [4.78, 5) is 9.90. The number of nitrogens with one attached hydrogen (secondary N) is 1. The highest BCUT2D eigenvalue weighted by molar-refractivity contribution is 7.17. The molecule has 3 aromatic rings. The molecule has 2 atom stereocenters. The quantitative estimate of drug-likeness (QED) is 0.684. The van der Waals surface area contributed by atoms with Gasteiger partial charge in [-0.05, 0) is 36.5 Å². The maximum Gasteiger partial charge on any atom is 0.139 e. The molecular formula is C19H20FN3S. The van der Waals surface area contributed by atoms with Gasteiger partial charge in [0.25, 0.3) is 0 Å². The predicted octanol–water partition coefficient (Wildman–Crippen LogP) is 5.49. The zero-order valence-electron chi connectivity index (χ0n) is 13.6. The molecule has 24 heavy (non-hydrogen) atoms. The number of fused-ring (bicyclic) bond motifs is 1. The molecule has 0 saturated heterocycles. The van der Waals surface area contributed by atoms with E-state index in [0.717, 1.165) is 27.2 Å². The van der Waals surface area contributed by atoms with E-state index in [4.69, 9.17) is 0 Å². The highest BCUT2D eigenvalue weighted by atomic mass is 32.1. The number of halogens is 1. The maximum absolute atomic E-state index is 13.2. The molecule has 1 aromatic carbocycles. The summed E-state index contributed by atoms with van der Waals surface area (Å²) < 4.78 is 13.2. The molecule has 124 valence electrons. The molecule has 0 aliphatic heterocycles. The summed E-state index contributed by atoms with van der Waals surface area (Å²) in [6.07, 6.45) is 6.66. The third-order valence-electron chi connectivity index (χ3n) is 4.96. The fourth-order valence-corrected chi connectivity index (χ4v) is 4.45. The molecule has 1 saturated carbocycles. The Morgan fingerprint density at radius 3 is 2.71 bits per heavy atom. The molecule has 1 aliphatic rings. The van der Waals surface area contributed by atoms with Crippen molar-refractivity contribution in [3.05, 3.63) is 41.8 Å². The van der Waals surface area contributed by atoms with Crippen LogP contribution in [-0.4, -0.2) is 16.0 Å². The van der Waals surface area contributed by atoms with Crippen molar-refractivity contribution >= 4 is 27.4 Å². The van der Waals surface area contributed by atoms with E-state index in [2.05, 4.69) is 27.6 Å². The molecular weight excluding hydrogens is 321 g/mol. The van der Waals surface area contributed by atoms with Crippen molar-refractivity contribution in [2.24, 2.45) is 5.92 Å². The fourth-order valence-electron chi connectivity index (χ4n) is 3.53. The molecule has 1 aliphatic carbocycles. The van der Waals surface area contributed by atoms with E-state index in [1.165, 1.54) is 37.8 Å². The van der Waals surface area contributed by atoms with Crippen molar-refractivity contribution in [2.75, 3.05) is 5.32 Å². The van der Waals surface area contributed by atoms with Gasteiger partial charge in [-0.1, -0.05) is 31.9 Å². The summed E-state index contributed by atoms with van der Waals surface area (Å²) in [5.41, 5.74) is 2.07. The SMILES string of the molecule is C[C@H]1CCCC[C@H]1Nc1ncnc2scc(-c3ccc(F)cc3)c12. The second-order valence-corrected chi connectivity index (χ2v) is 7.43. The lowest BCUT2D eigenvalue weighted by Gasteiger charge is -2.30. The van der Waals surface area contributed by atoms with Gasteiger partial charge >= 0.3 is 0 Å². The van der Waals surface area contributed by atoms with Crippen LogP contribution in [0.4, 0.5) is 10.2 Å². The van der Waals surface area contributed by atoms with Gasteiger partial charge < -0.3 is 5.32 Å². The van der Waals surface area contributed by atoms with E-state index in [9.17, 15) is 4.39 Å². The molecule has 1 N–H and O–H groups in total. The highest BCUT2D eigenvalue weighted by Crippen LogP contribution is 2.37. The first kappa shape index (κ1) is 15.5. The number of thiophene rings is 1. The molecule has 5 heteroatoms. The van der Waals surface area contributed by atoms with Crippen LogP contribution in [0.2, 0.25) is 0 Å². The number of nitrogens with zero attached hydrogens (tertiary/aromatic N) is 2. The van der Waals surface area contributed by atoms with Crippen LogP contribution in [0.25, 0.3) is 21.3 Å². The number of rotatable bonds is 3. The average Bonchev–Trinajstić information content (AvgIpc) is 3.03. The van der Waals surface area contributed by atoms with Crippen LogP contribution >= 0.6 is 11.3 Å². The van der Waals surface area contributed by atoms with E-state index in [0.29, 0.717) is 12.0 Å². The summed E-state index contributed by atoms with van der Waals surface area (Å²) in [5, 5.41) is 6.80. The van der Waals surface area contributed by atoms with Crippen LogP contribution in [-0.2, 0) is 0 Å². The van der Waals surface area contributed by atoms with Crippen LogP contribution in [0.15, 0.2) is 36.0 Å². The van der Waals surface area contributed by atoms with Crippen LogP contribution in [0, 0.1) is 11.7 Å². The third kappa shape index (κ3) is 2.88. The molecule has 0 spiro atoms. The van der Waals surface area contributed by atoms with Crippen molar-refractivity contribution < 1.29 is 4.39 Å². The van der Waals surface area contributed by atoms with Gasteiger partial charge in [0.1, 0.15) is 22.8 Å². The first-order valence-electron chi connectivity index (χ1n) is 8.47. The molecule has 0 amide bonds. The van der Waals surface area contributed by atoms with Gasteiger partial charge in [-0.2, -0.15) is 0 Å². The summed E-state index contributed by atoms with van der Waals surface area (Å²) >= 11 is 1.61. The largest absolute Gasteiger partial charge is 0.366 e. The Kier molecular flexibility index (Phi) is 4.19. The molecule has 0 unspecified atom stereocenters. The van der Waals surface area contributed by atoms with Gasteiger partial charge in [0, 0.05) is 17.0 Å². The number of anilines is 1. The van der Waals surface area contributed by atoms with Crippen LogP contribution in [0.3, 0.4) is 0 Å². The fraction of sp³-hybridized carbons (Fsp3) is 0.368. The van der Waals surface area contributed by atoms with E-state index in [1.807, 2.05) is 12.1 Å². The van der Waals surface area contributed by atoms with E-state index < -0.39 is 0 Å². The summed E-state index contributed by atoms with van der Waals surface area (Å²) in [5.74, 6) is 1.33. The van der Waals surface area contributed by atoms with E-state index in [-0.39, 0.29) is 5.82 Å². The van der Waals surface area contributed by atoms with Gasteiger partial charge in [-0.25, -0.2) is 14.4 Å². The van der Waals surface area contributed by atoms with Crippen molar-refractivity contribution in [1.82, 2.24) is 9.97 Å². The molecule has 4 rings (SSSR count). The Balaban J connectivity index is 1.75. The Bertz CT molecular complexity index is 843. The monoisotopic (exact) mass is 341 g/mol. The number of aromatic nitrogens is 2. The maximum atomic E-state index is 13.2. The average molecular weight is 341 g/mol. The summed E-state index contributed by atoms with van der Waals surface area (Å²) in [6, 6.07) is 7.09. The zero-order valence-corrected chi connectivity index (χ0v) is 14.4. The molecule has 2 aromatic heterocycles. The summed E-state index contributed by atoms with van der Waals surface area (Å²) in [6.45, 7) is 2.31. The number of benzene rings is 1. The number of hydrogen-bond donors (Lipinski definition) is 1. The molecule has 2 heterocycles. The predicted molar refractivity (Wildman–Crippen MR) is 97.9 cm³/mol. The lowest BCUT2D eigenvalue weighted by molar-refractivity contribution is 0.349. The third-order valence-corrected chi connectivity index (χ3v) is 5.85. The van der Waals surface area contributed by atoms with Gasteiger partial charge in [0.05, 0.1) is 5.39 Å². The van der Waals surface area contributed by atoms with Gasteiger partial charge in [0.2, 0.25) is 0 Å². The smallest absolute Gasteiger partial charge is 0.139 e. The van der Waals surface area contributed by atoms with Crippen molar-refractivity contribution in [3.8, 4) is 11.1 Å². The van der Waals surface area contributed by atoms with Crippen LogP contribution in [0.1, 0.15) is 32.6 Å². The minimum Gasteiger partial charge on any atom is -0.366 e. The topological polar surface area (TPSA) is 37.8 Å². The molecule has 0 bridgehead atoms. The summed E-state index contributed by atoms with van der Waals surface area (Å²) in [7, 11) is 0. The normalized spacial score (nSPS) is 21.1. The Hall–Kier alpha value is -2.01. The van der Waals surface area contributed by atoms with Crippen LogP contribution in [0.5, 0.6) is 0 Å². The van der Waals surface area contributed by atoms with Gasteiger partial charge in [-0.3, -0.25) is 0 Å². The zero-order chi connectivity index (χ0) is 16.5. The first-order valence-corrected chi connectivity index (χ1v) is 9.35. The van der Waals surface area contributed by atoms with Gasteiger partial charge in [0.15, 0.2) is 0 Å². The van der Waals surface area contributed by atoms with Crippen molar-refractivity contribution in [3.63, 3.8) is 0 Å². The first-order chi connectivity index (χ1) is 11.7. The van der Waals surface area contributed by atoms with Crippen LogP contribution < -0.4 is 5.32 Å². The van der Waals surface area contributed by atoms with E-state index >= 15 is 0 Å². The van der Waals surface area contributed by atoms with E-state index in [1.54, 1.807) is 17.7 Å². The number of hydrogen-bond acceptors (Lipinski definition) is 4. The second kappa shape index (κ2) is 6.48. The molecule has 1 fully saturated rings. The van der Waals surface area contributed by atoms with Gasteiger partial charge in [-0.15, -0.1) is 11.3 Å². The Morgan fingerprint density at radius 1 is 1.12 bits per heavy atom. The Morgan fingerprint density at radius 2 is 1.92 bits per heavy atom. The van der Waals surface area contributed by atoms with Crippen molar-refractivity contribution in [2.45, 2.75) is 38.6 Å². The lowest BCUT2D eigenvalue weighted by atomic mass is 9.86. The highest BCUT2D eigenvalue weighted by Gasteiger charge is 2.23. The molecule has 0 radical (unpaired) electrons. The standard InChI is InChI=1S/C19H20FN3S/c1-12-4-2-3-5-16(12)23-18-17-15(10-24-19(17)22-11-21-18)13-6-8-14(20)9-7-13/h6-12,16H,2-5H2,1H3,(H,21,22,23)/t12-,16+/m0/s1. The second-order valence-electron chi connectivity index (χ2n) is 6.57. The minimum atomic E-state index is -0.219.